The molecular weight excluding hydrogens is 160 g/mol. The van der Waals surface area contributed by atoms with Gasteiger partial charge in [0.1, 0.15) is 0 Å². The lowest BCUT2D eigenvalue weighted by Gasteiger charge is -2.01. The van der Waals surface area contributed by atoms with Gasteiger partial charge in [-0.25, -0.2) is 0 Å². The van der Waals surface area contributed by atoms with E-state index in [0.29, 0.717) is 0 Å². The molecule has 1 aromatic heterocycles. The molecule has 1 N–H and O–H groups in total. The number of hydrogen-bond donors (Lipinski definition) is 1. The van der Waals surface area contributed by atoms with Crippen LogP contribution < -0.4 is 0 Å². The van der Waals surface area contributed by atoms with Crippen LogP contribution in [0.25, 0.3) is 11.3 Å². The second-order valence-electron chi connectivity index (χ2n) is 3.23. The molecule has 1 aromatic carbocycles. The SMILES string of the molecule is Cc1ccccc1-c1n[nH]cc1C. The van der Waals surface area contributed by atoms with Gasteiger partial charge in [0, 0.05) is 11.8 Å². The van der Waals surface area contributed by atoms with Gasteiger partial charge in [0.25, 0.3) is 0 Å². The maximum absolute atomic E-state index is 4.22. The molecule has 13 heavy (non-hydrogen) atoms. The normalized spacial score (nSPS) is 10.3. The van der Waals surface area contributed by atoms with Crippen molar-refractivity contribution in [2.45, 2.75) is 13.8 Å². The smallest absolute Gasteiger partial charge is 0.0952 e. The van der Waals surface area contributed by atoms with Crippen LogP contribution in [0.5, 0.6) is 0 Å². The van der Waals surface area contributed by atoms with E-state index in [9.17, 15) is 0 Å². The van der Waals surface area contributed by atoms with E-state index in [1.165, 1.54) is 16.7 Å². The van der Waals surface area contributed by atoms with Crippen LogP contribution >= 0.6 is 0 Å². The summed E-state index contributed by atoms with van der Waals surface area (Å²) in [5.74, 6) is 0. The molecule has 0 spiro atoms. The average Bonchev–Trinajstić information content (AvgIpc) is 2.52. The number of H-pyrrole nitrogens is 1. The highest BCUT2D eigenvalue weighted by atomic mass is 15.1. The van der Waals surface area contributed by atoms with Crippen molar-refractivity contribution in [3.63, 3.8) is 0 Å². The highest BCUT2D eigenvalue weighted by Gasteiger charge is 2.05. The third-order valence-electron chi connectivity index (χ3n) is 2.23. The number of hydrogen-bond acceptors (Lipinski definition) is 1. The Hall–Kier alpha value is -1.57. The first-order chi connectivity index (χ1) is 6.29. The molecule has 0 aliphatic carbocycles. The number of nitrogens with zero attached hydrogens (tertiary/aromatic N) is 1. The van der Waals surface area contributed by atoms with E-state index < -0.39 is 0 Å². The van der Waals surface area contributed by atoms with E-state index >= 15 is 0 Å². The standard InChI is InChI=1S/C11H12N2/c1-8-5-3-4-6-10(8)11-9(2)7-12-13-11/h3-7H,1-2H3,(H,12,13). The summed E-state index contributed by atoms with van der Waals surface area (Å²) < 4.78 is 0. The Bertz CT molecular complexity index is 416. The average molecular weight is 172 g/mol. The Balaban J connectivity index is 2.59. The Kier molecular flexibility index (Phi) is 1.89. The van der Waals surface area contributed by atoms with Crippen molar-refractivity contribution in [1.82, 2.24) is 10.2 Å². The van der Waals surface area contributed by atoms with Crippen LogP contribution in [-0.2, 0) is 0 Å². The van der Waals surface area contributed by atoms with Gasteiger partial charge in [-0.3, -0.25) is 5.10 Å². The van der Waals surface area contributed by atoms with Gasteiger partial charge in [-0.05, 0) is 25.0 Å². The Morgan fingerprint density at radius 3 is 2.46 bits per heavy atom. The lowest BCUT2D eigenvalue weighted by Crippen LogP contribution is -1.84. The van der Waals surface area contributed by atoms with Crippen molar-refractivity contribution in [3.8, 4) is 11.3 Å². The fourth-order valence-electron chi connectivity index (χ4n) is 1.46. The number of benzene rings is 1. The Labute approximate surface area is 77.6 Å². The summed E-state index contributed by atoms with van der Waals surface area (Å²) in [6.07, 6.45) is 1.92. The van der Waals surface area contributed by atoms with Crippen LogP contribution in [0, 0.1) is 13.8 Å². The summed E-state index contributed by atoms with van der Waals surface area (Å²) in [6, 6.07) is 8.28. The summed E-state index contributed by atoms with van der Waals surface area (Å²) in [7, 11) is 0. The van der Waals surface area contributed by atoms with Gasteiger partial charge in [0.05, 0.1) is 5.69 Å². The molecular formula is C11H12N2. The molecule has 0 aliphatic rings. The number of nitrogens with one attached hydrogen (secondary N) is 1. The van der Waals surface area contributed by atoms with E-state index in [4.69, 9.17) is 0 Å². The minimum absolute atomic E-state index is 1.05. The highest BCUT2D eigenvalue weighted by molar-refractivity contribution is 5.65. The highest BCUT2D eigenvalue weighted by Crippen LogP contribution is 2.23. The minimum atomic E-state index is 1.05. The van der Waals surface area contributed by atoms with Crippen molar-refractivity contribution in [2.24, 2.45) is 0 Å². The van der Waals surface area contributed by atoms with Gasteiger partial charge in [0.15, 0.2) is 0 Å². The van der Waals surface area contributed by atoms with Crippen molar-refractivity contribution < 1.29 is 0 Å². The predicted molar refractivity (Wildman–Crippen MR) is 53.5 cm³/mol. The third kappa shape index (κ3) is 1.35. The van der Waals surface area contributed by atoms with Crippen molar-refractivity contribution in [3.05, 3.63) is 41.6 Å². The zero-order valence-corrected chi connectivity index (χ0v) is 7.83. The van der Waals surface area contributed by atoms with Crippen LogP contribution in [-0.4, -0.2) is 10.2 Å². The summed E-state index contributed by atoms with van der Waals surface area (Å²) in [6.45, 7) is 4.16. The molecule has 0 unspecified atom stereocenters. The van der Waals surface area contributed by atoms with E-state index in [-0.39, 0.29) is 0 Å². The fraction of sp³-hybridized carbons (Fsp3) is 0.182. The molecule has 2 aromatic rings. The molecule has 0 bridgehead atoms. The third-order valence-corrected chi connectivity index (χ3v) is 2.23. The lowest BCUT2D eigenvalue weighted by atomic mass is 10.0. The molecule has 2 nitrogen and oxygen atoms in total. The first-order valence-corrected chi connectivity index (χ1v) is 4.35. The van der Waals surface area contributed by atoms with Gasteiger partial charge in [-0.1, -0.05) is 24.3 Å². The molecule has 0 atom stereocenters. The zero-order valence-electron chi connectivity index (χ0n) is 7.83. The monoisotopic (exact) mass is 172 g/mol. The maximum atomic E-state index is 4.22. The van der Waals surface area contributed by atoms with Crippen LogP contribution in [0.2, 0.25) is 0 Å². The molecule has 0 fully saturated rings. The van der Waals surface area contributed by atoms with Crippen LogP contribution in [0.1, 0.15) is 11.1 Å². The Morgan fingerprint density at radius 2 is 1.85 bits per heavy atom. The first-order valence-electron chi connectivity index (χ1n) is 4.35. The van der Waals surface area contributed by atoms with Crippen molar-refractivity contribution >= 4 is 0 Å². The van der Waals surface area contributed by atoms with E-state index in [1.807, 2.05) is 18.3 Å². The maximum Gasteiger partial charge on any atom is 0.0952 e. The second kappa shape index (κ2) is 3.05. The zero-order chi connectivity index (χ0) is 9.26. The largest absolute Gasteiger partial charge is 0.285 e. The van der Waals surface area contributed by atoms with Gasteiger partial charge in [-0.15, -0.1) is 0 Å². The molecule has 2 heteroatoms. The van der Waals surface area contributed by atoms with E-state index in [2.05, 4.69) is 36.2 Å². The second-order valence-corrected chi connectivity index (χ2v) is 3.23. The predicted octanol–water partition coefficient (Wildman–Crippen LogP) is 2.69. The number of rotatable bonds is 1. The van der Waals surface area contributed by atoms with Gasteiger partial charge in [0.2, 0.25) is 0 Å². The number of aryl methyl sites for hydroxylation is 2. The summed E-state index contributed by atoms with van der Waals surface area (Å²) in [4.78, 5) is 0. The van der Waals surface area contributed by atoms with Gasteiger partial charge in [-0.2, -0.15) is 5.10 Å². The molecule has 1 heterocycles. The van der Waals surface area contributed by atoms with Crippen LogP contribution in [0.15, 0.2) is 30.5 Å². The number of aromatic amines is 1. The summed E-state index contributed by atoms with van der Waals surface area (Å²) >= 11 is 0. The van der Waals surface area contributed by atoms with Gasteiger partial charge < -0.3 is 0 Å². The molecule has 2 rings (SSSR count). The topological polar surface area (TPSA) is 28.7 Å². The van der Waals surface area contributed by atoms with Gasteiger partial charge >= 0.3 is 0 Å². The van der Waals surface area contributed by atoms with Crippen molar-refractivity contribution in [1.29, 1.82) is 0 Å². The molecule has 0 radical (unpaired) electrons. The Morgan fingerprint density at radius 1 is 1.08 bits per heavy atom. The number of aromatic nitrogens is 2. The fourth-order valence-corrected chi connectivity index (χ4v) is 1.46. The molecule has 66 valence electrons. The first kappa shape index (κ1) is 8.05. The summed E-state index contributed by atoms with van der Waals surface area (Å²) in [5.41, 5.74) is 4.71. The molecule has 0 saturated heterocycles. The van der Waals surface area contributed by atoms with Crippen LogP contribution in [0.3, 0.4) is 0 Å². The quantitative estimate of drug-likeness (QED) is 0.704. The lowest BCUT2D eigenvalue weighted by molar-refractivity contribution is 1.09. The van der Waals surface area contributed by atoms with E-state index in [1.54, 1.807) is 0 Å². The molecule has 0 saturated carbocycles. The minimum Gasteiger partial charge on any atom is -0.285 e. The summed E-state index contributed by atoms with van der Waals surface area (Å²) in [5, 5.41) is 7.10. The van der Waals surface area contributed by atoms with Crippen LogP contribution in [0.4, 0.5) is 0 Å². The molecule has 0 aliphatic heterocycles. The van der Waals surface area contributed by atoms with Crippen molar-refractivity contribution in [2.75, 3.05) is 0 Å². The molecule has 0 amide bonds. The van der Waals surface area contributed by atoms with E-state index in [0.717, 1.165) is 5.69 Å².